The van der Waals surface area contributed by atoms with Crippen molar-refractivity contribution in [2.45, 2.75) is 39.0 Å². The molecule has 1 aliphatic rings. The number of carboxylic acids is 1. The SMILES string of the molecule is CN(CCCCCO)C(=O)N1CCCC(C)(C(=O)O)C1. The van der Waals surface area contributed by atoms with Gasteiger partial charge in [-0.05, 0) is 39.0 Å². The van der Waals surface area contributed by atoms with Crippen molar-refractivity contribution in [1.82, 2.24) is 9.80 Å². The lowest BCUT2D eigenvalue weighted by molar-refractivity contribution is -0.150. The third-order valence-electron chi connectivity index (χ3n) is 3.96. The smallest absolute Gasteiger partial charge is 0.319 e. The molecule has 1 atom stereocenters. The molecule has 0 aromatic heterocycles. The van der Waals surface area contributed by atoms with Crippen LogP contribution in [0.1, 0.15) is 39.0 Å². The molecule has 0 aliphatic carbocycles. The van der Waals surface area contributed by atoms with Gasteiger partial charge in [0, 0.05) is 33.3 Å². The zero-order valence-corrected chi connectivity index (χ0v) is 12.5. The number of unbranched alkanes of at least 4 members (excludes halogenated alkanes) is 2. The van der Waals surface area contributed by atoms with Crippen LogP contribution in [-0.2, 0) is 4.79 Å². The summed E-state index contributed by atoms with van der Waals surface area (Å²) in [7, 11) is 1.74. The Labute approximate surface area is 120 Å². The predicted octanol–water partition coefficient (Wildman–Crippen LogP) is 1.39. The third kappa shape index (κ3) is 4.37. The summed E-state index contributed by atoms with van der Waals surface area (Å²) in [5.74, 6) is -0.833. The summed E-state index contributed by atoms with van der Waals surface area (Å²) in [5, 5.41) is 18.0. The summed E-state index contributed by atoms with van der Waals surface area (Å²) in [6, 6.07) is -0.0961. The number of hydrogen-bond acceptors (Lipinski definition) is 3. The van der Waals surface area contributed by atoms with Crippen molar-refractivity contribution in [3.63, 3.8) is 0 Å². The molecule has 2 N–H and O–H groups in total. The maximum Gasteiger partial charge on any atom is 0.319 e. The van der Waals surface area contributed by atoms with E-state index in [0.29, 0.717) is 19.5 Å². The van der Waals surface area contributed by atoms with E-state index in [2.05, 4.69) is 0 Å². The van der Waals surface area contributed by atoms with Gasteiger partial charge >= 0.3 is 12.0 Å². The minimum absolute atomic E-state index is 0.0961. The fraction of sp³-hybridized carbons (Fsp3) is 0.857. The fourth-order valence-electron chi connectivity index (χ4n) is 2.55. The lowest BCUT2D eigenvalue weighted by Crippen LogP contribution is -2.51. The quantitative estimate of drug-likeness (QED) is 0.723. The number of aliphatic carboxylic acids is 1. The van der Waals surface area contributed by atoms with E-state index in [1.54, 1.807) is 23.8 Å². The van der Waals surface area contributed by atoms with Crippen molar-refractivity contribution in [3.8, 4) is 0 Å². The highest BCUT2D eigenvalue weighted by Crippen LogP contribution is 2.30. The topological polar surface area (TPSA) is 81.1 Å². The first-order chi connectivity index (χ1) is 9.40. The molecule has 1 saturated heterocycles. The number of nitrogens with zero attached hydrogens (tertiary/aromatic N) is 2. The number of carbonyl (C=O) groups excluding carboxylic acids is 1. The van der Waals surface area contributed by atoms with Gasteiger partial charge in [0.1, 0.15) is 0 Å². The van der Waals surface area contributed by atoms with E-state index in [9.17, 15) is 14.7 Å². The zero-order valence-electron chi connectivity index (χ0n) is 12.5. The summed E-state index contributed by atoms with van der Waals surface area (Å²) < 4.78 is 0. The molecule has 0 aromatic rings. The maximum absolute atomic E-state index is 12.3. The first-order valence-corrected chi connectivity index (χ1v) is 7.25. The number of aliphatic hydroxyl groups excluding tert-OH is 1. The Morgan fingerprint density at radius 2 is 2.00 bits per heavy atom. The Morgan fingerprint density at radius 3 is 2.60 bits per heavy atom. The Bertz CT molecular complexity index is 348. The molecule has 0 saturated carbocycles. The molecule has 6 nitrogen and oxygen atoms in total. The number of rotatable bonds is 6. The van der Waals surface area contributed by atoms with Gasteiger partial charge in [-0.1, -0.05) is 0 Å². The van der Waals surface area contributed by atoms with Crippen molar-refractivity contribution >= 4 is 12.0 Å². The van der Waals surface area contributed by atoms with Crippen LogP contribution in [0, 0.1) is 5.41 Å². The highest BCUT2D eigenvalue weighted by Gasteiger charge is 2.39. The average Bonchev–Trinajstić information content (AvgIpc) is 2.42. The van der Waals surface area contributed by atoms with Gasteiger partial charge in [0.2, 0.25) is 0 Å². The number of likely N-dealkylation sites (tertiary alicyclic amines) is 1. The minimum Gasteiger partial charge on any atom is -0.481 e. The molecule has 0 spiro atoms. The predicted molar refractivity (Wildman–Crippen MR) is 75.5 cm³/mol. The highest BCUT2D eigenvalue weighted by molar-refractivity contribution is 5.78. The van der Waals surface area contributed by atoms with Gasteiger partial charge in [-0.15, -0.1) is 0 Å². The highest BCUT2D eigenvalue weighted by atomic mass is 16.4. The van der Waals surface area contributed by atoms with E-state index in [1.807, 2.05) is 0 Å². The van der Waals surface area contributed by atoms with Gasteiger partial charge in [-0.3, -0.25) is 4.79 Å². The lowest BCUT2D eigenvalue weighted by Gasteiger charge is -2.39. The monoisotopic (exact) mass is 286 g/mol. The van der Waals surface area contributed by atoms with Crippen LogP contribution in [0.3, 0.4) is 0 Å². The van der Waals surface area contributed by atoms with Crippen molar-refractivity contribution in [2.75, 3.05) is 33.3 Å². The molecule has 116 valence electrons. The van der Waals surface area contributed by atoms with Gasteiger partial charge in [0.05, 0.1) is 5.41 Å². The summed E-state index contributed by atoms with van der Waals surface area (Å²) in [4.78, 5) is 26.9. The van der Waals surface area contributed by atoms with Gasteiger partial charge in [0.25, 0.3) is 0 Å². The molecule has 0 bridgehead atoms. The van der Waals surface area contributed by atoms with E-state index in [0.717, 1.165) is 25.7 Å². The van der Waals surface area contributed by atoms with E-state index >= 15 is 0 Å². The van der Waals surface area contributed by atoms with Gasteiger partial charge in [-0.25, -0.2) is 4.79 Å². The first-order valence-electron chi connectivity index (χ1n) is 7.25. The second kappa shape index (κ2) is 7.47. The Morgan fingerprint density at radius 1 is 1.30 bits per heavy atom. The number of piperidine rings is 1. The molecule has 1 aliphatic heterocycles. The Kier molecular flexibility index (Phi) is 6.26. The summed E-state index contributed by atoms with van der Waals surface area (Å²) in [6.07, 6.45) is 3.84. The molecular weight excluding hydrogens is 260 g/mol. The summed E-state index contributed by atoms with van der Waals surface area (Å²) >= 11 is 0. The molecule has 2 amide bonds. The van der Waals surface area contributed by atoms with Crippen LogP contribution < -0.4 is 0 Å². The largest absolute Gasteiger partial charge is 0.481 e. The van der Waals surface area contributed by atoms with E-state index in [-0.39, 0.29) is 19.2 Å². The average molecular weight is 286 g/mol. The molecule has 0 radical (unpaired) electrons. The second-order valence-corrected chi connectivity index (χ2v) is 5.88. The molecule has 1 rings (SSSR count). The number of carbonyl (C=O) groups is 2. The lowest BCUT2D eigenvalue weighted by atomic mass is 9.82. The van der Waals surface area contributed by atoms with Crippen molar-refractivity contribution in [2.24, 2.45) is 5.41 Å². The minimum atomic E-state index is -0.833. The van der Waals surface area contributed by atoms with E-state index in [4.69, 9.17) is 5.11 Å². The zero-order chi connectivity index (χ0) is 15.2. The number of aliphatic hydroxyl groups is 1. The normalized spacial score (nSPS) is 22.6. The standard InChI is InChI=1S/C14H26N2O4/c1-14(12(18)19)7-6-9-16(11-14)13(20)15(2)8-4-3-5-10-17/h17H,3-11H2,1-2H3,(H,18,19). The van der Waals surface area contributed by atoms with E-state index < -0.39 is 11.4 Å². The maximum atomic E-state index is 12.3. The number of hydrogen-bond donors (Lipinski definition) is 2. The third-order valence-corrected chi connectivity index (χ3v) is 3.96. The van der Waals surface area contributed by atoms with Crippen molar-refractivity contribution in [3.05, 3.63) is 0 Å². The molecule has 20 heavy (non-hydrogen) atoms. The Balaban J connectivity index is 2.47. The second-order valence-electron chi connectivity index (χ2n) is 5.88. The van der Waals surface area contributed by atoms with Crippen LogP contribution in [0.2, 0.25) is 0 Å². The molecule has 0 aromatic carbocycles. The van der Waals surface area contributed by atoms with E-state index in [1.165, 1.54) is 0 Å². The molecule has 1 fully saturated rings. The number of amides is 2. The number of urea groups is 1. The fourth-order valence-corrected chi connectivity index (χ4v) is 2.55. The number of carboxylic acid groups (broad SMARTS) is 1. The Hall–Kier alpha value is -1.30. The van der Waals surface area contributed by atoms with Crippen molar-refractivity contribution in [1.29, 1.82) is 0 Å². The van der Waals surface area contributed by atoms with Crippen LogP contribution in [-0.4, -0.2) is 65.3 Å². The van der Waals surface area contributed by atoms with Crippen LogP contribution in [0.4, 0.5) is 4.79 Å². The first kappa shape index (κ1) is 16.8. The molecule has 6 heteroatoms. The van der Waals surface area contributed by atoms with Gasteiger partial charge in [0.15, 0.2) is 0 Å². The van der Waals surface area contributed by atoms with Crippen LogP contribution in [0.25, 0.3) is 0 Å². The van der Waals surface area contributed by atoms with Crippen LogP contribution in [0.5, 0.6) is 0 Å². The van der Waals surface area contributed by atoms with Gasteiger partial charge in [-0.2, -0.15) is 0 Å². The molecular formula is C14H26N2O4. The summed E-state index contributed by atoms with van der Waals surface area (Å²) in [6.45, 7) is 3.43. The van der Waals surface area contributed by atoms with Crippen LogP contribution in [0.15, 0.2) is 0 Å². The molecule has 1 unspecified atom stereocenters. The van der Waals surface area contributed by atoms with Crippen LogP contribution >= 0.6 is 0 Å². The summed E-state index contributed by atoms with van der Waals surface area (Å²) in [5.41, 5.74) is -0.828. The molecule has 1 heterocycles. The van der Waals surface area contributed by atoms with Crippen molar-refractivity contribution < 1.29 is 19.8 Å². The van der Waals surface area contributed by atoms with Gasteiger partial charge < -0.3 is 20.0 Å².